The first kappa shape index (κ1) is 16.4. The summed E-state index contributed by atoms with van der Waals surface area (Å²) in [6.07, 6.45) is 5.27. The summed E-state index contributed by atoms with van der Waals surface area (Å²) in [6, 6.07) is 9.37. The molecule has 0 saturated heterocycles. The molecular formula is C19H31NO. The Labute approximate surface area is 130 Å². The van der Waals surface area contributed by atoms with Crippen molar-refractivity contribution in [2.45, 2.75) is 64.8 Å². The number of nitrogens with one attached hydrogen (secondary N) is 1. The van der Waals surface area contributed by atoms with Crippen LogP contribution in [0.25, 0.3) is 0 Å². The topological polar surface area (TPSA) is 21.3 Å². The molecule has 2 heteroatoms. The zero-order valence-corrected chi connectivity index (χ0v) is 14.1. The number of hydrogen-bond acceptors (Lipinski definition) is 2. The van der Waals surface area contributed by atoms with Crippen LogP contribution >= 0.6 is 0 Å². The van der Waals surface area contributed by atoms with Crippen molar-refractivity contribution in [3.8, 4) is 5.75 Å². The standard InChI is InChI=1S/C19H31NO/c1-5-21-18-8-6-17(7-9-18)19(14-20-15(2)3)12-10-16(4)11-13-19/h6-9,15-16,20H,5,10-14H2,1-4H3. The zero-order chi connectivity index (χ0) is 15.3. The second-order valence-corrected chi connectivity index (χ2v) is 6.96. The summed E-state index contributed by atoms with van der Waals surface area (Å²) in [6.45, 7) is 10.7. The maximum absolute atomic E-state index is 5.58. The van der Waals surface area contributed by atoms with Crippen molar-refractivity contribution in [1.82, 2.24) is 5.32 Å². The van der Waals surface area contributed by atoms with Gasteiger partial charge in [-0.2, -0.15) is 0 Å². The van der Waals surface area contributed by atoms with Crippen molar-refractivity contribution in [2.24, 2.45) is 5.92 Å². The molecule has 2 rings (SSSR count). The Morgan fingerprint density at radius 1 is 1.19 bits per heavy atom. The Morgan fingerprint density at radius 3 is 2.33 bits per heavy atom. The van der Waals surface area contributed by atoms with Crippen LogP contribution in [0.3, 0.4) is 0 Å². The molecule has 0 aromatic heterocycles. The summed E-state index contributed by atoms with van der Waals surface area (Å²) in [4.78, 5) is 0. The van der Waals surface area contributed by atoms with Crippen LogP contribution in [-0.2, 0) is 5.41 Å². The number of hydrogen-bond donors (Lipinski definition) is 1. The summed E-state index contributed by atoms with van der Waals surface area (Å²) in [5.74, 6) is 1.86. The minimum Gasteiger partial charge on any atom is -0.494 e. The summed E-state index contributed by atoms with van der Waals surface area (Å²) in [7, 11) is 0. The summed E-state index contributed by atoms with van der Waals surface area (Å²) in [5, 5.41) is 3.68. The van der Waals surface area contributed by atoms with Crippen molar-refractivity contribution < 1.29 is 4.74 Å². The van der Waals surface area contributed by atoms with Gasteiger partial charge in [-0.1, -0.05) is 32.9 Å². The Balaban J connectivity index is 2.17. The van der Waals surface area contributed by atoms with Crippen LogP contribution in [-0.4, -0.2) is 19.2 Å². The monoisotopic (exact) mass is 289 g/mol. The minimum absolute atomic E-state index is 0.307. The van der Waals surface area contributed by atoms with E-state index in [-0.39, 0.29) is 0 Å². The van der Waals surface area contributed by atoms with Crippen molar-refractivity contribution in [3.63, 3.8) is 0 Å². The lowest BCUT2D eigenvalue weighted by Gasteiger charge is -2.41. The van der Waals surface area contributed by atoms with Gasteiger partial charge in [0, 0.05) is 18.0 Å². The lowest BCUT2D eigenvalue weighted by Crippen LogP contribution is -2.43. The third-order valence-electron chi connectivity index (χ3n) is 4.86. The van der Waals surface area contributed by atoms with E-state index in [4.69, 9.17) is 4.74 Å². The van der Waals surface area contributed by atoms with Gasteiger partial charge in [-0.25, -0.2) is 0 Å². The Morgan fingerprint density at radius 2 is 1.81 bits per heavy atom. The highest BCUT2D eigenvalue weighted by Crippen LogP contribution is 2.41. The van der Waals surface area contributed by atoms with Crippen LogP contribution in [0.1, 0.15) is 58.9 Å². The third-order valence-corrected chi connectivity index (χ3v) is 4.86. The Bertz CT molecular complexity index is 416. The SMILES string of the molecule is CCOc1ccc(C2(CNC(C)C)CCC(C)CC2)cc1. The second kappa shape index (κ2) is 7.31. The molecule has 1 aromatic carbocycles. The Kier molecular flexibility index (Phi) is 5.69. The average molecular weight is 289 g/mol. The fourth-order valence-electron chi connectivity index (χ4n) is 3.35. The van der Waals surface area contributed by atoms with Gasteiger partial charge in [-0.3, -0.25) is 0 Å². The normalized spacial score (nSPS) is 26.0. The molecule has 118 valence electrons. The number of rotatable bonds is 6. The first-order chi connectivity index (χ1) is 10.1. The van der Waals surface area contributed by atoms with E-state index in [2.05, 4.69) is 50.4 Å². The highest BCUT2D eigenvalue weighted by Gasteiger charge is 2.35. The van der Waals surface area contributed by atoms with E-state index in [1.54, 1.807) is 0 Å². The lowest BCUT2D eigenvalue weighted by atomic mass is 9.67. The van der Waals surface area contributed by atoms with Crippen molar-refractivity contribution >= 4 is 0 Å². The van der Waals surface area contributed by atoms with Gasteiger partial charge in [0.05, 0.1) is 6.61 Å². The zero-order valence-electron chi connectivity index (χ0n) is 14.1. The van der Waals surface area contributed by atoms with Crippen LogP contribution in [0, 0.1) is 5.92 Å². The third kappa shape index (κ3) is 4.23. The molecule has 1 aliphatic rings. The van der Waals surface area contributed by atoms with Crippen LogP contribution in [0.5, 0.6) is 5.75 Å². The molecule has 1 saturated carbocycles. The first-order valence-corrected chi connectivity index (χ1v) is 8.52. The van der Waals surface area contributed by atoms with Gasteiger partial charge >= 0.3 is 0 Å². The van der Waals surface area contributed by atoms with Gasteiger partial charge in [0.2, 0.25) is 0 Å². The van der Waals surface area contributed by atoms with Crippen molar-refractivity contribution in [1.29, 1.82) is 0 Å². The molecule has 21 heavy (non-hydrogen) atoms. The maximum Gasteiger partial charge on any atom is 0.119 e. The summed E-state index contributed by atoms with van der Waals surface area (Å²) < 4.78 is 5.58. The Hall–Kier alpha value is -1.02. The van der Waals surface area contributed by atoms with Crippen molar-refractivity contribution in [3.05, 3.63) is 29.8 Å². The predicted octanol–water partition coefficient (Wildman–Crippen LogP) is 4.53. The fourth-order valence-corrected chi connectivity index (χ4v) is 3.35. The number of benzene rings is 1. The fraction of sp³-hybridized carbons (Fsp3) is 0.684. The van der Waals surface area contributed by atoms with Crippen LogP contribution in [0.4, 0.5) is 0 Å². The van der Waals surface area contributed by atoms with Gasteiger partial charge in [0.15, 0.2) is 0 Å². The van der Waals surface area contributed by atoms with Gasteiger partial charge in [-0.05, 0) is 56.2 Å². The molecule has 1 aromatic rings. The minimum atomic E-state index is 0.307. The van der Waals surface area contributed by atoms with Crippen molar-refractivity contribution in [2.75, 3.05) is 13.2 Å². The van der Waals surface area contributed by atoms with E-state index in [1.807, 2.05) is 6.92 Å². The molecule has 1 aliphatic carbocycles. The quantitative estimate of drug-likeness (QED) is 0.830. The molecular weight excluding hydrogens is 258 g/mol. The molecule has 1 N–H and O–H groups in total. The van der Waals surface area contributed by atoms with Crippen LogP contribution < -0.4 is 10.1 Å². The molecule has 0 amide bonds. The highest BCUT2D eigenvalue weighted by molar-refractivity contribution is 5.33. The molecule has 0 heterocycles. The predicted molar refractivity (Wildman–Crippen MR) is 90.1 cm³/mol. The molecule has 0 aliphatic heterocycles. The largest absolute Gasteiger partial charge is 0.494 e. The first-order valence-electron chi connectivity index (χ1n) is 8.52. The molecule has 0 radical (unpaired) electrons. The molecule has 0 atom stereocenters. The van der Waals surface area contributed by atoms with Crippen LogP contribution in [0.2, 0.25) is 0 Å². The lowest BCUT2D eigenvalue weighted by molar-refractivity contribution is 0.229. The molecule has 0 bridgehead atoms. The highest BCUT2D eigenvalue weighted by atomic mass is 16.5. The maximum atomic E-state index is 5.58. The smallest absolute Gasteiger partial charge is 0.119 e. The van der Waals surface area contributed by atoms with Gasteiger partial charge in [-0.15, -0.1) is 0 Å². The van der Waals surface area contributed by atoms with E-state index < -0.39 is 0 Å². The van der Waals surface area contributed by atoms with Gasteiger partial charge in [0.1, 0.15) is 5.75 Å². The molecule has 1 fully saturated rings. The average Bonchev–Trinajstić information content (AvgIpc) is 2.48. The van der Waals surface area contributed by atoms with E-state index in [0.717, 1.165) is 24.8 Å². The van der Waals surface area contributed by atoms with E-state index in [0.29, 0.717) is 11.5 Å². The van der Waals surface area contributed by atoms with E-state index in [1.165, 1.54) is 31.2 Å². The van der Waals surface area contributed by atoms with Gasteiger partial charge in [0.25, 0.3) is 0 Å². The molecule has 0 spiro atoms. The van der Waals surface area contributed by atoms with E-state index in [9.17, 15) is 0 Å². The number of ether oxygens (including phenoxy) is 1. The second-order valence-electron chi connectivity index (χ2n) is 6.96. The van der Waals surface area contributed by atoms with E-state index >= 15 is 0 Å². The van der Waals surface area contributed by atoms with Crippen LogP contribution in [0.15, 0.2) is 24.3 Å². The molecule has 2 nitrogen and oxygen atoms in total. The summed E-state index contributed by atoms with van der Waals surface area (Å²) >= 11 is 0. The van der Waals surface area contributed by atoms with Gasteiger partial charge < -0.3 is 10.1 Å². The molecule has 0 unspecified atom stereocenters. The summed E-state index contributed by atoms with van der Waals surface area (Å²) in [5.41, 5.74) is 1.78.